The first-order chi connectivity index (χ1) is 9.26. The summed E-state index contributed by atoms with van der Waals surface area (Å²) in [5.41, 5.74) is 1.21. The Hall–Kier alpha value is -0.780. The van der Waals surface area contributed by atoms with Gasteiger partial charge in [-0.25, -0.2) is 0 Å². The van der Waals surface area contributed by atoms with Gasteiger partial charge < -0.3 is 19.5 Å². The molecule has 3 rings (SSSR count). The van der Waals surface area contributed by atoms with Crippen molar-refractivity contribution in [3.05, 3.63) is 22.2 Å². The van der Waals surface area contributed by atoms with Gasteiger partial charge in [0.1, 0.15) is 13.2 Å². The predicted molar refractivity (Wildman–Crippen MR) is 75.8 cm³/mol. The van der Waals surface area contributed by atoms with Crippen LogP contribution in [0.25, 0.3) is 0 Å². The van der Waals surface area contributed by atoms with E-state index in [0.717, 1.165) is 35.4 Å². The summed E-state index contributed by atoms with van der Waals surface area (Å²) >= 11 is 3.54. The second kappa shape index (κ2) is 5.69. The lowest BCUT2D eigenvalue weighted by Crippen LogP contribution is -2.44. The molecule has 1 aliphatic carbocycles. The van der Waals surface area contributed by atoms with Gasteiger partial charge in [-0.3, -0.25) is 0 Å². The minimum absolute atomic E-state index is 0.435. The number of hydrogen-bond donors (Lipinski definition) is 1. The number of hydrogen-bond acceptors (Lipinski definition) is 4. The fraction of sp³-hybridized carbons (Fsp3) is 0.571. The summed E-state index contributed by atoms with van der Waals surface area (Å²) in [5, 5.41) is 3.54. The van der Waals surface area contributed by atoms with Gasteiger partial charge in [-0.05, 0) is 46.5 Å². The summed E-state index contributed by atoms with van der Waals surface area (Å²) in [5.74, 6) is 1.65. The molecule has 0 aromatic heterocycles. The summed E-state index contributed by atoms with van der Waals surface area (Å²) in [6.45, 7) is 2.08. The lowest BCUT2D eigenvalue weighted by molar-refractivity contribution is 0.0170. The fourth-order valence-corrected chi connectivity index (χ4v) is 3.06. The van der Waals surface area contributed by atoms with Crippen molar-refractivity contribution in [3.8, 4) is 11.5 Å². The van der Waals surface area contributed by atoms with Crippen LogP contribution in [0, 0.1) is 0 Å². The average Bonchev–Trinajstić information content (AvgIpc) is 2.37. The third kappa shape index (κ3) is 2.88. The van der Waals surface area contributed by atoms with Crippen molar-refractivity contribution in [1.29, 1.82) is 0 Å². The minimum atomic E-state index is 0.435. The summed E-state index contributed by atoms with van der Waals surface area (Å²) in [7, 11) is 1.78. The number of nitrogens with one attached hydrogen (secondary N) is 1. The highest BCUT2D eigenvalue weighted by atomic mass is 79.9. The first-order valence-corrected chi connectivity index (χ1v) is 7.40. The molecule has 0 saturated heterocycles. The Morgan fingerprint density at radius 1 is 1.32 bits per heavy atom. The van der Waals surface area contributed by atoms with Crippen molar-refractivity contribution in [2.24, 2.45) is 0 Å². The molecule has 2 aliphatic rings. The van der Waals surface area contributed by atoms with Gasteiger partial charge in [0.05, 0.1) is 10.6 Å². The van der Waals surface area contributed by atoms with Crippen LogP contribution in [0.15, 0.2) is 16.6 Å². The minimum Gasteiger partial charge on any atom is -0.486 e. The smallest absolute Gasteiger partial charge is 0.175 e. The maximum absolute atomic E-state index is 5.62. The van der Waals surface area contributed by atoms with E-state index in [1.807, 2.05) is 0 Å². The van der Waals surface area contributed by atoms with Crippen LogP contribution in [-0.4, -0.2) is 32.5 Å². The summed E-state index contributed by atoms with van der Waals surface area (Å²) in [6, 6.07) is 4.71. The van der Waals surface area contributed by atoms with Crippen LogP contribution in [0.3, 0.4) is 0 Å². The molecular weight excluding hydrogens is 310 g/mol. The first kappa shape index (κ1) is 13.2. The van der Waals surface area contributed by atoms with Crippen molar-refractivity contribution in [2.45, 2.75) is 31.5 Å². The topological polar surface area (TPSA) is 39.7 Å². The lowest BCUT2D eigenvalue weighted by Gasteiger charge is -2.34. The largest absolute Gasteiger partial charge is 0.486 e. The third-order valence-corrected chi connectivity index (χ3v) is 4.27. The molecule has 19 heavy (non-hydrogen) atoms. The van der Waals surface area contributed by atoms with Crippen molar-refractivity contribution in [1.82, 2.24) is 5.32 Å². The molecule has 1 N–H and O–H groups in total. The maximum atomic E-state index is 5.62. The molecule has 0 bridgehead atoms. The van der Waals surface area contributed by atoms with Gasteiger partial charge in [-0.2, -0.15) is 0 Å². The highest BCUT2D eigenvalue weighted by Crippen LogP contribution is 2.38. The van der Waals surface area contributed by atoms with Gasteiger partial charge in [-0.1, -0.05) is 0 Å². The molecule has 0 amide bonds. The zero-order valence-electron chi connectivity index (χ0n) is 10.9. The van der Waals surface area contributed by atoms with Gasteiger partial charge in [0, 0.05) is 19.7 Å². The van der Waals surface area contributed by atoms with Gasteiger partial charge in [-0.15, -0.1) is 0 Å². The number of benzene rings is 1. The van der Waals surface area contributed by atoms with E-state index < -0.39 is 0 Å². The molecule has 1 heterocycles. The quantitative estimate of drug-likeness (QED) is 0.922. The van der Waals surface area contributed by atoms with Gasteiger partial charge in [0.25, 0.3) is 0 Å². The fourth-order valence-electron chi connectivity index (χ4n) is 2.45. The Morgan fingerprint density at radius 3 is 2.89 bits per heavy atom. The zero-order chi connectivity index (χ0) is 13.2. The number of halogens is 1. The summed E-state index contributed by atoms with van der Waals surface area (Å²) < 4.78 is 17.5. The number of rotatable bonds is 4. The Balaban J connectivity index is 1.61. The van der Waals surface area contributed by atoms with Crippen molar-refractivity contribution in [2.75, 3.05) is 20.3 Å². The second-order valence-corrected chi connectivity index (χ2v) is 5.86. The highest BCUT2D eigenvalue weighted by Gasteiger charge is 2.28. The predicted octanol–water partition coefficient (Wildman–Crippen LogP) is 2.49. The lowest BCUT2D eigenvalue weighted by atomic mass is 9.89. The molecular formula is C14H18BrNO3. The normalized spacial score (nSPS) is 24.9. The Morgan fingerprint density at radius 2 is 2.11 bits per heavy atom. The number of ether oxygens (including phenoxy) is 3. The van der Waals surface area contributed by atoms with Gasteiger partial charge >= 0.3 is 0 Å². The van der Waals surface area contributed by atoms with E-state index in [1.54, 1.807) is 7.11 Å². The van der Waals surface area contributed by atoms with E-state index in [2.05, 4.69) is 33.4 Å². The average molecular weight is 328 g/mol. The van der Waals surface area contributed by atoms with E-state index >= 15 is 0 Å². The van der Waals surface area contributed by atoms with Crippen molar-refractivity contribution < 1.29 is 14.2 Å². The maximum Gasteiger partial charge on any atom is 0.175 e. The molecule has 0 atom stereocenters. The number of fused-ring (bicyclic) bond motifs is 1. The standard InChI is InChI=1S/C14H18BrNO3/c1-17-11-6-10(7-11)16-8-9-4-12(15)14-13(5-9)18-2-3-19-14/h4-5,10-11,16H,2-3,6-8H2,1H3. The molecule has 4 nitrogen and oxygen atoms in total. The molecule has 1 aliphatic heterocycles. The highest BCUT2D eigenvalue weighted by molar-refractivity contribution is 9.10. The molecule has 5 heteroatoms. The Bertz CT molecular complexity index is 460. The molecule has 1 aromatic rings. The van der Waals surface area contributed by atoms with Crippen molar-refractivity contribution in [3.63, 3.8) is 0 Å². The van der Waals surface area contributed by atoms with Crippen LogP contribution in [-0.2, 0) is 11.3 Å². The zero-order valence-corrected chi connectivity index (χ0v) is 12.5. The molecule has 1 saturated carbocycles. The molecule has 1 aromatic carbocycles. The molecule has 0 spiro atoms. The second-order valence-electron chi connectivity index (χ2n) is 5.01. The van der Waals surface area contributed by atoms with Crippen LogP contribution < -0.4 is 14.8 Å². The summed E-state index contributed by atoms with van der Waals surface area (Å²) in [4.78, 5) is 0. The summed E-state index contributed by atoms with van der Waals surface area (Å²) in [6.07, 6.45) is 2.63. The first-order valence-electron chi connectivity index (χ1n) is 6.60. The van der Waals surface area contributed by atoms with Gasteiger partial charge in [0.2, 0.25) is 0 Å². The van der Waals surface area contributed by atoms with E-state index in [0.29, 0.717) is 25.4 Å². The van der Waals surface area contributed by atoms with E-state index in [9.17, 15) is 0 Å². The SMILES string of the molecule is COC1CC(NCc2cc(Br)c3c(c2)OCCO3)C1. The number of methoxy groups -OCH3 is 1. The van der Waals surface area contributed by atoms with Crippen LogP contribution in [0.4, 0.5) is 0 Å². The van der Waals surface area contributed by atoms with Crippen molar-refractivity contribution >= 4 is 15.9 Å². The van der Waals surface area contributed by atoms with Crippen LogP contribution >= 0.6 is 15.9 Å². The molecule has 0 unspecified atom stereocenters. The molecule has 1 fully saturated rings. The Labute approximate surface area is 121 Å². The van der Waals surface area contributed by atoms with Gasteiger partial charge in [0.15, 0.2) is 11.5 Å². The van der Waals surface area contributed by atoms with E-state index in [-0.39, 0.29) is 0 Å². The molecule has 104 valence electrons. The van der Waals surface area contributed by atoms with Crippen LogP contribution in [0.5, 0.6) is 11.5 Å². The monoisotopic (exact) mass is 327 g/mol. The van der Waals surface area contributed by atoms with E-state index in [4.69, 9.17) is 14.2 Å². The molecule has 0 radical (unpaired) electrons. The third-order valence-electron chi connectivity index (χ3n) is 3.68. The van der Waals surface area contributed by atoms with Crippen LogP contribution in [0.1, 0.15) is 18.4 Å². The Kier molecular flexibility index (Phi) is 3.96. The van der Waals surface area contributed by atoms with E-state index in [1.165, 1.54) is 5.56 Å². The van der Waals surface area contributed by atoms with Crippen LogP contribution in [0.2, 0.25) is 0 Å².